The Hall–Kier alpha value is -4.53. The number of ether oxygens (including phenoxy) is 4. The number of methoxy groups -OCH3 is 3. The number of pyridine rings is 1. The van der Waals surface area contributed by atoms with Crippen LogP contribution in [0, 0.1) is 6.92 Å². The van der Waals surface area contributed by atoms with Crippen LogP contribution >= 0.6 is 0 Å². The van der Waals surface area contributed by atoms with E-state index >= 15 is 0 Å². The molecule has 1 amide bonds. The largest absolute Gasteiger partial charge is 0.493 e. The summed E-state index contributed by atoms with van der Waals surface area (Å²) in [5.41, 5.74) is 2.80. The molecule has 4 rings (SSSR count). The van der Waals surface area contributed by atoms with Gasteiger partial charge in [0.25, 0.3) is 11.5 Å². The fourth-order valence-electron chi connectivity index (χ4n) is 3.59. The number of nitrogens with zero attached hydrogens (tertiary/aromatic N) is 2. The molecular weight excluding hydrogens is 450 g/mol. The highest BCUT2D eigenvalue weighted by Crippen LogP contribution is 2.38. The molecule has 9 nitrogen and oxygen atoms in total. The number of carbonyl (C=O) groups is 1. The fourth-order valence-corrected chi connectivity index (χ4v) is 3.59. The predicted octanol–water partition coefficient (Wildman–Crippen LogP) is 3.86. The van der Waals surface area contributed by atoms with E-state index in [4.69, 9.17) is 18.9 Å². The molecule has 0 fully saturated rings. The Morgan fingerprint density at radius 1 is 0.971 bits per heavy atom. The molecule has 0 bridgehead atoms. The molecule has 4 aromatic rings. The molecule has 0 aliphatic carbocycles. The van der Waals surface area contributed by atoms with Crippen LogP contribution in [0.15, 0.2) is 65.6 Å². The quantitative estimate of drug-likeness (QED) is 0.413. The molecule has 0 saturated heterocycles. The summed E-state index contributed by atoms with van der Waals surface area (Å²) < 4.78 is 23.2. The van der Waals surface area contributed by atoms with E-state index in [0.717, 1.165) is 5.56 Å². The summed E-state index contributed by atoms with van der Waals surface area (Å²) in [6, 6.07) is 15.2. The number of aromatic nitrogens is 2. The maximum atomic E-state index is 12.8. The van der Waals surface area contributed by atoms with Crippen molar-refractivity contribution in [2.24, 2.45) is 0 Å². The molecule has 35 heavy (non-hydrogen) atoms. The van der Waals surface area contributed by atoms with Crippen molar-refractivity contribution in [1.29, 1.82) is 0 Å². The Kier molecular flexibility index (Phi) is 6.86. The smallest absolute Gasteiger partial charge is 0.258 e. The second-order valence-electron chi connectivity index (χ2n) is 7.65. The first-order valence-corrected chi connectivity index (χ1v) is 10.8. The second kappa shape index (κ2) is 10.2. The van der Waals surface area contributed by atoms with Gasteiger partial charge in [0.2, 0.25) is 5.75 Å². The monoisotopic (exact) mass is 475 g/mol. The van der Waals surface area contributed by atoms with E-state index in [9.17, 15) is 9.59 Å². The Labute approximate surface area is 201 Å². The van der Waals surface area contributed by atoms with Crippen molar-refractivity contribution in [3.05, 3.63) is 88.0 Å². The lowest BCUT2D eigenvalue weighted by molar-refractivity contribution is 0.102. The topological polar surface area (TPSA) is 100 Å². The number of carbonyl (C=O) groups excluding carboxylic acids is 1. The van der Waals surface area contributed by atoms with Gasteiger partial charge in [0.05, 0.1) is 27.0 Å². The molecule has 2 aromatic carbocycles. The van der Waals surface area contributed by atoms with Crippen molar-refractivity contribution >= 4 is 17.2 Å². The Morgan fingerprint density at radius 2 is 1.66 bits per heavy atom. The number of hydrogen-bond donors (Lipinski definition) is 1. The van der Waals surface area contributed by atoms with Crippen LogP contribution in [0.3, 0.4) is 0 Å². The average molecular weight is 476 g/mol. The molecule has 0 radical (unpaired) electrons. The van der Waals surface area contributed by atoms with Gasteiger partial charge >= 0.3 is 0 Å². The van der Waals surface area contributed by atoms with Crippen LogP contribution in [0.4, 0.5) is 5.69 Å². The van der Waals surface area contributed by atoms with Crippen molar-refractivity contribution < 1.29 is 23.7 Å². The summed E-state index contributed by atoms with van der Waals surface area (Å²) in [6.45, 7) is 2.04. The van der Waals surface area contributed by atoms with E-state index in [0.29, 0.717) is 45.6 Å². The maximum absolute atomic E-state index is 12.8. The molecule has 0 aliphatic rings. The van der Waals surface area contributed by atoms with Gasteiger partial charge in [-0.1, -0.05) is 6.07 Å². The van der Waals surface area contributed by atoms with Gasteiger partial charge < -0.3 is 24.3 Å². The van der Waals surface area contributed by atoms with Crippen LogP contribution in [-0.2, 0) is 6.61 Å². The van der Waals surface area contributed by atoms with Crippen LogP contribution < -0.4 is 29.8 Å². The van der Waals surface area contributed by atoms with Gasteiger partial charge in [-0.05, 0) is 55.0 Å². The van der Waals surface area contributed by atoms with Gasteiger partial charge in [0, 0.05) is 23.5 Å². The summed E-state index contributed by atoms with van der Waals surface area (Å²) in [6.07, 6.45) is 1.69. The molecule has 2 aromatic heterocycles. The van der Waals surface area contributed by atoms with Crippen LogP contribution in [0.5, 0.6) is 23.0 Å². The zero-order chi connectivity index (χ0) is 24.9. The summed E-state index contributed by atoms with van der Waals surface area (Å²) in [5.74, 6) is 1.42. The summed E-state index contributed by atoms with van der Waals surface area (Å²) in [7, 11) is 4.48. The Balaban J connectivity index is 1.44. The SMILES string of the molecule is COc1cc(C(=O)Nc2ccc(OCc3cc(=O)n4cccc(C)c4n3)cc2)cc(OC)c1OC. The van der Waals surface area contributed by atoms with Crippen molar-refractivity contribution in [2.45, 2.75) is 13.5 Å². The van der Waals surface area contributed by atoms with E-state index in [-0.39, 0.29) is 18.1 Å². The molecule has 9 heteroatoms. The summed E-state index contributed by atoms with van der Waals surface area (Å²) >= 11 is 0. The normalized spacial score (nSPS) is 10.6. The minimum atomic E-state index is -0.339. The third kappa shape index (κ3) is 5.03. The first-order valence-electron chi connectivity index (χ1n) is 10.8. The lowest BCUT2D eigenvalue weighted by atomic mass is 10.1. The van der Waals surface area contributed by atoms with E-state index in [1.165, 1.54) is 31.8 Å². The number of hydrogen-bond acceptors (Lipinski definition) is 7. The van der Waals surface area contributed by atoms with E-state index in [2.05, 4.69) is 10.3 Å². The zero-order valence-corrected chi connectivity index (χ0v) is 19.8. The molecule has 180 valence electrons. The number of anilines is 1. The van der Waals surface area contributed by atoms with Gasteiger partial charge in [0.15, 0.2) is 11.5 Å². The highest BCUT2D eigenvalue weighted by Gasteiger charge is 2.17. The van der Waals surface area contributed by atoms with Crippen molar-refractivity contribution in [3.63, 3.8) is 0 Å². The molecule has 0 spiro atoms. The van der Waals surface area contributed by atoms with Gasteiger partial charge in [-0.2, -0.15) is 0 Å². The van der Waals surface area contributed by atoms with E-state index in [1.54, 1.807) is 42.6 Å². The lowest BCUT2D eigenvalue weighted by Crippen LogP contribution is -2.17. The molecule has 0 unspecified atom stereocenters. The maximum Gasteiger partial charge on any atom is 0.258 e. The summed E-state index contributed by atoms with van der Waals surface area (Å²) in [4.78, 5) is 29.7. The number of aryl methyl sites for hydroxylation is 1. The number of benzene rings is 2. The van der Waals surface area contributed by atoms with Crippen LogP contribution in [0.1, 0.15) is 21.6 Å². The first-order chi connectivity index (χ1) is 16.9. The molecule has 1 N–H and O–H groups in total. The van der Waals surface area contributed by atoms with Gasteiger partial charge in [-0.3, -0.25) is 14.0 Å². The van der Waals surface area contributed by atoms with E-state index < -0.39 is 0 Å². The zero-order valence-electron chi connectivity index (χ0n) is 19.8. The van der Waals surface area contributed by atoms with Crippen molar-refractivity contribution in [3.8, 4) is 23.0 Å². The average Bonchev–Trinajstić information content (AvgIpc) is 2.88. The molecule has 0 aliphatic heterocycles. The first kappa shape index (κ1) is 23.6. The van der Waals surface area contributed by atoms with Crippen LogP contribution in [-0.4, -0.2) is 36.6 Å². The minimum Gasteiger partial charge on any atom is -0.493 e. The van der Waals surface area contributed by atoms with Crippen LogP contribution in [0.2, 0.25) is 0 Å². The van der Waals surface area contributed by atoms with Crippen LogP contribution in [0.25, 0.3) is 5.65 Å². The van der Waals surface area contributed by atoms with E-state index in [1.807, 2.05) is 19.1 Å². The molecule has 0 saturated carbocycles. The Morgan fingerprint density at radius 3 is 2.29 bits per heavy atom. The third-order valence-electron chi connectivity index (χ3n) is 5.37. The highest BCUT2D eigenvalue weighted by atomic mass is 16.5. The standard InChI is InChI=1S/C26H25N3O6/c1-16-6-5-11-29-23(30)14-19(27-25(16)29)15-35-20-9-7-18(8-10-20)28-26(31)17-12-21(32-2)24(34-4)22(13-17)33-3/h5-14H,15H2,1-4H3,(H,28,31). The fraction of sp³-hybridized carbons (Fsp3) is 0.192. The predicted molar refractivity (Wildman–Crippen MR) is 131 cm³/mol. The minimum absolute atomic E-state index is 0.136. The molecule has 0 atom stereocenters. The van der Waals surface area contributed by atoms with Crippen molar-refractivity contribution in [2.75, 3.05) is 26.6 Å². The lowest BCUT2D eigenvalue weighted by Gasteiger charge is -2.14. The van der Waals surface area contributed by atoms with Gasteiger partial charge in [-0.25, -0.2) is 4.98 Å². The Bertz CT molecular complexity index is 1400. The number of rotatable bonds is 8. The number of fused-ring (bicyclic) bond motifs is 1. The molecular formula is C26H25N3O6. The summed E-state index contributed by atoms with van der Waals surface area (Å²) in [5, 5.41) is 2.83. The highest BCUT2D eigenvalue weighted by molar-refractivity contribution is 6.05. The third-order valence-corrected chi connectivity index (χ3v) is 5.37. The van der Waals surface area contributed by atoms with Crippen molar-refractivity contribution in [1.82, 2.24) is 9.38 Å². The number of nitrogens with one attached hydrogen (secondary N) is 1. The van der Waals surface area contributed by atoms with Gasteiger partial charge in [0.1, 0.15) is 18.0 Å². The second-order valence-corrected chi connectivity index (χ2v) is 7.65. The number of amides is 1. The molecule has 2 heterocycles. The van der Waals surface area contributed by atoms with Gasteiger partial charge in [-0.15, -0.1) is 0 Å².